The average Bonchev–Trinajstić information content (AvgIpc) is 2.92. The van der Waals surface area contributed by atoms with Gasteiger partial charge in [0.2, 0.25) is 0 Å². The molecule has 2 aliphatic rings. The third-order valence-electron chi connectivity index (χ3n) is 5.17. The van der Waals surface area contributed by atoms with E-state index in [1.54, 1.807) is 0 Å². The number of fused-ring (bicyclic) bond motifs is 1. The summed E-state index contributed by atoms with van der Waals surface area (Å²) in [6, 6.07) is 11.4. The Hall–Kier alpha value is -0.860. The second-order valence-electron chi connectivity index (χ2n) is 6.42. The van der Waals surface area contributed by atoms with Gasteiger partial charge in [-0.25, -0.2) is 0 Å². The molecule has 1 N–H and O–H groups in total. The van der Waals surface area contributed by atoms with Crippen LogP contribution in [-0.2, 0) is 0 Å². The van der Waals surface area contributed by atoms with Crippen molar-refractivity contribution in [1.29, 1.82) is 0 Å². The zero-order valence-electron chi connectivity index (χ0n) is 11.7. The SMILES string of the molecule is CC(c1ccccc1)N1CC2CNCC2C1(C)C. The molecule has 1 aromatic rings. The summed E-state index contributed by atoms with van der Waals surface area (Å²) in [7, 11) is 0. The summed E-state index contributed by atoms with van der Waals surface area (Å²) in [4.78, 5) is 2.71. The molecule has 0 aliphatic carbocycles. The number of benzene rings is 1. The lowest BCUT2D eigenvalue weighted by Gasteiger charge is -2.40. The Morgan fingerprint density at radius 2 is 1.94 bits per heavy atom. The molecule has 98 valence electrons. The lowest BCUT2D eigenvalue weighted by molar-refractivity contribution is 0.0971. The van der Waals surface area contributed by atoms with Crippen LogP contribution in [0.25, 0.3) is 0 Å². The molecular formula is C16H24N2. The van der Waals surface area contributed by atoms with E-state index in [4.69, 9.17) is 0 Å². The molecule has 3 atom stereocenters. The highest BCUT2D eigenvalue weighted by molar-refractivity contribution is 5.20. The molecule has 18 heavy (non-hydrogen) atoms. The third kappa shape index (κ3) is 1.79. The standard InChI is InChI=1S/C16H24N2/c1-12(13-7-5-4-6-8-13)18-11-14-9-17-10-15(14)16(18,2)3/h4-8,12,14-15,17H,9-11H2,1-3H3. The van der Waals surface area contributed by atoms with Crippen molar-refractivity contribution >= 4 is 0 Å². The Labute approximate surface area is 110 Å². The Kier molecular flexibility index (Phi) is 2.95. The largest absolute Gasteiger partial charge is 0.316 e. The molecule has 2 fully saturated rings. The topological polar surface area (TPSA) is 15.3 Å². The van der Waals surface area contributed by atoms with Crippen molar-refractivity contribution in [1.82, 2.24) is 10.2 Å². The smallest absolute Gasteiger partial charge is 0.0325 e. The van der Waals surface area contributed by atoms with Crippen LogP contribution in [0.15, 0.2) is 30.3 Å². The van der Waals surface area contributed by atoms with Gasteiger partial charge >= 0.3 is 0 Å². The second kappa shape index (κ2) is 4.36. The van der Waals surface area contributed by atoms with Crippen LogP contribution in [0.3, 0.4) is 0 Å². The summed E-state index contributed by atoms with van der Waals surface area (Å²) < 4.78 is 0. The van der Waals surface area contributed by atoms with Crippen LogP contribution in [0, 0.1) is 11.8 Å². The molecule has 0 saturated carbocycles. The molecule has 0 spiro atoms. The van der Waals surface area contributed by atoms with Crippen molar-refractivity contribution < 1.29 is 0 Å². The maximum atomic E-state index is 3.55. The maximum absolute atomic E-state index is 3.55. The van der Waals surface area contributed by atoms with Crippen LogP contribution in [0.2, 0.25) is 0 Å². The van der Waals surface area contributed by atoms with Crippen LogP contribution in [0.1, 0.15) is 32.4 Å². The van der Waals surface area contributed by atoms with Gasteiger partial charge in [-0.05, 0) is 44.7 Å². The normalized spacial score (nSPS) is 32.4. The van der Waals surface area contributed by atoms with Gasteiger partial charge in [-0.3, -0.25) is 4.90 Å². The number of hydrogen-bond donors (Lipinski definition) is 1. The van der Waals surface area contributed by atoms with Gasteiger partial charge in [0.05, 0.1) is 0 Å². The highest BCUT2D eigenvalue weighted by Crippen LogP contribution is 2.44. The number of nitrogens with zero attached hydrogens (tertiary/aromatic N) is 1. The molecule has 0 amide bonds. The first-order valence-corrected chi connectivity index (χ1v) is 7.13. The van der Waals surface area contributed by atoms with Gasteiger partial charge in [0.25, 0.3) is 0 Å². The van der Waals surface area contributed by atoms with Crippen molar-refractivity contribution in [3.05, 3.63) is 35.9 Å². The summed E-state index contributed by atoms with van der Waals surface area (Å²) in [6.45, 7) is 10.8. The van der Waals surface area contributed by atoms with Crippen molar-refractivity contribution in [2.45, 2.75) is 32.4 Å². The number of rotatable bonds is 2. The van der Waals surface area contributed by atoms with Gasteiger partial charge in [0, 0.05) is 24.7 Å². The fourth-order valence-corrected chi connectivity index (χ4v) is 4.02. The van der Waals surface area contributed by atoms with Crippen molar-refractivity contribution in [3.8, 4) is 0 Å². The summed E-state index contributed by atoms with van der Waals surface area (Å²) >= 11 is 0. The minimum atomic E-state index is 0.309. The van der Waals surface area contributed by atoms with E-state index in [2.05, 4.69) is 61.3 Å². The molecule has 2 heterocycles. The van der Waals surface area contributed by atoms with Crippen LogP contribution in [0.5, 0.6) is 0 Å². The predicted octanol–water partition coefficient (Wildman–Crippen LogP) is 2.68. The number of nitrogens with one attached hydrogen (secondary N) is 1. The maximum Gasteiger partial charge on any atom is 0.0325 e. The van der Waals surface area contributed by atoms with Crippen molar-refractivity contribution in [2.24, 2.45) is 11.8 Å². The highest BCUT2D eigenvalue weighted by Gasteiger charge is 2.50. The molecule has 2 nitrogen and oxygen atoms in total. The van der Waals surface area contributed by atoms with E-state index >= 15 is 0 Å². The molecule has 3 rings (SSSR count). The van der Waals surface area contributed by atoms with E-state index in [0.717, 1.165) is 11.8 Å². The van der Waals surface area contributed by atoms with E-state index in [0.29, 0.717) is 11.6 Å². The lowest BCUT2D eigenvalue weighted by atomic mass is 9.84. The van der Waals surface area contributed by atoms with Gasteiger partial charge in [-0.15, -0.1) is 0 Å². The van der Waals surface area contributed by atoms with Gasteiger partial charge < -0.3 is 5.32 Å². The zero-order valence-corrected chi connectivity index (χ0v) is 11.7. The molecule has 2 heteroatoms. The molecule has 0 aromatic heterocycles. The zero-order chi connectivity index (χ0) is 12.8. The summed E-state index contributed by atoms with van der Waals surface area (Å²) in [5, 5.41) is 3.55. The van der Waals surface area contributed by atoms with Crippen LogP contribution >= 0.6 is 0 Å². The first-order chi connectivity index (χ1) is 8.60. The molecule has 0 bridgehead atoms. The molecule has 2 aliphatic heterocycles. The number of hydrogen-bond acceptors (Lipinski definition) is 2. The summed E-state index contributed by atoms with van der Waals surface area (Å²) in [5.41, 5.74) is 1.75. The summed E-state index contributed by atoms with van der Waals surface area (Å²) in [5.74, 6) is 1.65. The lowest BCUT2D eigenvalue weighted by Crippen LogP contribution is -2.45. The Bertz CT molecular complexity index is 412. The second-order valence-corrected chi connectivity index (χ2v) is 6.42. The molecule has 0 radical (unpaired) electrons. The molecule has 2 saturated heterocycles. The van der Waals surface area contributed by atoms with Gasteiger partial charge in [0.1, 0.15) is 0 Å². The number of likely N-dealkylation sites (tertiary alicyclic amines) is 1. The van der Waals surface area contributed by atoms with Crippen LogP contribution in [-0.4, -0.2) is 30.1 Å². The predicted molar refractivity (Wildman–Crippen MR) is 75.5 cm³/mol. The van der Waals surface area contributed by atoms with Crippen molar-refractivity contribution in [2.75, 3.05) is 19.6 Å². The van der Waals surface area contributed by atoms with E-state index in [9.17, 15) is 0 Å². The third-order valence-corrected chi connectivity index (χ3v) is 5.17. The molecular weight excluding hydrogens is 220 g/mol. The van der Waals surface area contributed by atoms with E-state index in [1.165, 1.54) is 25.2 Å². The van der Waals surface area contributed by atoms with E-state index in [1.807, 2.05) is 0 Å². The van der Waals surface area contributed by atoms with E-state index < -0.39 is 0 Å². The minimum Gasteiger partial charge on any atom is -0.316 e. The van der Waals surface area contributed by atoms with Crippen molar-refractivity contribution in [3.63, 3.8) is 0 Å². The monoisotopic (exact) mass is 244 g/mol. The fraction of sp³-hybridized carbons (Fsp3) is 0.625. The van der Waals surface area contributed by atoms with Crippen LogP contribution in [0.4, 0.5) is 0 Å². The Balaban J connectivity index is 1.85. The Morgan fingerprint density at radius 3 is 2.61 bits per heavy atom. The summed E-state index contributed by atoms with van der Waals surface area (Å²) in [6.07, 6.45) is 0. The average molecular weight is 244 g/mol. The highest BCUT2D eigenvalue weighted by atomic mass is 15.3. The first kappa shape index (κ1) is 12.2. The van der Waals surface area contributed by atoms with Crippen LogP contribution < -0.4 is 5.32 Å². The van der Waals surface area contributed by atoms with Gasteiger partial charge in [-0.1, -0.05) is 30.3 Å². The Morgan fingerprint density at radius 1 is 1.22 bits per heavy atom. The fourth-order valence-electron chi connectivity index (χ4n) is 4.02. The minimum absolute atomic E-state index is 0.309. The van der Waals surface area contributed by atoms with Gasteiger partial charge in [-0.2, -0.15) is 0 Å². The van der Waals surface area contributed by atoms with E-state index in [-0.39, 0.29) is 0 Å². The first-order valence-electron chi connectivity index (χ1n) is 7.13. The quantitative estimate of drug-likeness (QED) is 0.860. The van der Waals surface area contributed by atoms with Gasteiger partial charge in [0.15, 0.2) is 0 Å². The molecule has 1 aromatic carbocycles. The molecule has 3 unspecified atom stereocenters.